The third kappa shape index (κ3) is 6.13. The molecule has 0 aliphatic carbocycles. The van der Waals surface area contributed by atoms with Crippen LogP contribution in [0.25, 0.3) is 11.1 Å². The van der Waals surface area contributed by atoms with Gasteiger partial charge in [-0.1, -0.05) is 54.6 Å². The van der Waals surface area contributed by atoms with Crippen LogP contribution in [0.2, 0.25) is 0 Å². The quantitative estimate of drug-likeness (QED) is 0.645. The summed E-state index contributed by atoms with van der Waals surface area (Å²) in [5.41, 5.74) is 2.18. The molecule has 0 spiro atoms. The van der Waals surface area contributed by atoms with Crippen LogP contribution in [0.3, 0.4) is 0 Å². The lowest BCUT2D eigenvalue weighted by atomic mass is 10.1. The van der Waals surface area contributed by atoms with E-state index in [1.807, 2.05) is 54.6 Å². The van der Waals surface area contributed by atoms with Gasteiger partial charge in [0.15, 0.2) is 6.61 Å². The minimum Gasteiger partial charge on any atom is -0.484 e. The van der Waals surface area contributed by atoms with Gasteiger partial charge in [0, 0.05) is 13.1 Å². The third-order valence-electron chi connectivity index (χ3n) is 4.09. The number of benzene rings is 2. The van der Waals surface area contributed by atoms with E-state index in [1.165, 1.54) is 0 Å². The Balaban J connectivity index is 1.85. The van der Waals surface area contributed by atoms with Crippen molar-refractivity contribution in [1.82, 2.24) is 10.2 Å². The molecule has 0 aliphatic rings. The number of hydrogen-bond acceptors (Lipinski definition) is 3. The zero-order valence-corrected chi connectivity index (χ0v) is 16.1. The van der Waals surface area contributed by atoms with Crippen LogP contribution >= 0.6 is 0 Å². The number of nitrogens with one attached hydrogen (secondary N) is 1. The highest BCUT2D eigenvalue weighted by Crippen LogP contribution is 2.21. The van der Waals surface area contributed by atoms with Crippen LogP contribution in [0.5, 0.6) is 5.75 Å². The molecule has 2 aromatic carbocycles. The Morgan fingerprint density at radius 2 is 1.57 bits per heavy atom. The van der Waals surface area contributed by atoms with Crippen LogP contribution < -0.4 is 10.1 Å². The molecule has 1 atom stereocenters. The number of rotatable bonds is 10. The minimum atomic E-state index is -0.656. The van der Waals surface area contributed by atoms with E-state index in [-0.39, 0.29) is 18.4 Å². The molecule has 1 unspecified atom stereocenters. The maximum Gasteiger partial charge on any atom is 0.258 e. The summed E-state index contributed by atoms with van der Waals surface area (Å²) in [5, 5.41) is 2.66. The van der Waals surface area contributed by atoms with Crippen LogP contribution in [0, 0.1) is 0 Å². The predicted octanol–water partition coefficient (Wildman–Crippen LogP) is 3.44. The van der Waals surface area contributed by atoms with Gasteiger partial charge in [-0.05, 0) is 30.2 Å². The summed E-state index contributed by atoms with van der Waals surface area (Å²) >= 11 is 0. The van der Waals surface area contributed by atoms with Crippen molar-refractivity contribution in [3.8, 4) is 16.9 Å². The van der Waals surface area contributed by atoms with Crippen molar-refractivity contribution < 1.29 is 14.3 Å². The molecule has 2 aromatic rings. The fraction of sp³-hybridized carbons (Fsp3) is 0.217. The van der Waals surface area contributed by atoms with E-state index in [0.29, 0.717) is 18.8 Å². The number of carbonyl (C=O) groups is 2. The number of hydrogen-bond donors (Lipinski definition) is 1. The van der Waals surface area contributed by atoms with Crippen molar-refractivity contribution in [2.75, 3.05) is 19.7 Å². The maximum atomic E-state index is 12.4. The van der Waals surface area contributed by atoms with Gasteiger partial charge in [-0.2, -0.15) is 0 Å². The summed E-state index contributed by atoms with van der Waals surface area (Å²) in [6, 6.07) is 16.9. The monoisotopic (exact) mass is 378 g/mol. The molecule has 146 valence electrons. The Morgan fingerprint density at radius 3 is 2.14 bits per heavy atom. The normalized spacial score (nSPS) is 11.2. The molecule has 0 aromatic heterocycles. The van der Waals surface area contributed by atoms with Gasteiger partial charge in [-0.3, -0.25) is 9.59 Å². The van der Waals surface area contributed by atoms with Crippen LogP contribution in [0.1, 0.15) is 6.92 Å². The Kier molecular flexibility index (Phi) is 8.03. The van der Waals surface area contributed by atoms with Crippen LogP contribution in [0.15, 0.2) is 79.9 Å². The summed E-state index contributed by atoms with van der Waals surface area (Å²) < 4.78 is 5.53. The van der Waals surface area contributed by atoms with Crippen LogP contribution in [0.4, 0.5) is 0 Å². The first-order chi connectivity index (χ1) is 13.5. The summed E-state index contributed by atoms with van der Waals surface area (Å²) in [6.45, 7) is 9.56. The first kappa shape index (κ1) is 21.0. The van der Waals surface area contributed by atoms with Crippen molar-refractivity contribution >= 4 is 11.8 Å². The maximum absolute atomic E-state index is 12.4. The highest BCUT2D eigenvalue weighted by molar-refractivity contribution is 5.88. The highest BCUT2D eigenvalue weighted by atomic mass is 16.5. The minimum absolute atomic E-state index is 0.161. The lowest BCUT2D eigenvalue weighted by Gasteiger charge is -2.23. The van der Waals surface area contributed by atoms with Gasteiger partial charge in [0.1, 0.15) is 11.8 Å². The van der Waals surface area contributed by atoms with Gasteiger partial charge < -0.3 is 15.0 Å². The molecule has 2 amide bonds. The second kappa shape index (κ2) is 10.7. The van der Waals surface area contributed by atoms with Crippen molar-refractivity contribution in [1.29, 1.82) is 0 Å². The summed E-state index contributed by atoms with van der Waals surface area (Å²) in [5.74, 6) is 0.0410. The summed E-state index contributed by atoms with van der Waals surface area (Å²) in [7, 11) is 0. The van der Waals surface area contributed by atoms with Crippen LogP contribution in [-0.2, 0) is 9.59 Å². The SMILES string of the molecule is C=CCN(CC=C)C(=O)C(C)NC(=O)COc1ccc(-c2ccccc2)cc1. The van der Waals surface area contributed by atoms with Crippen molar-refractivity contribution in [2.45, 2.75) is 13.0 Å². The van der Waals surface area contributed by atoms with E-state index in [9.17, 15) is 9.59 Å². The Bertz CT molecular complexity index is 790. The van der Waals surface area contributed by atoms with Crippen LogP contribution in [-0.4, -0.2) is 42.5 Å². The molecule has 0 saturated heterocycles. The smallest absolute Gasteiger partial charge is 0.258 e. The molecule has 0 fully saturated rings. The van der Waals surface area contributed by atoms with Gasteiger partial charge in [-0.25, -0.2) is 0 Å². The van der Waals surface area contributed by atoms with Gasteiger partial charge in [0.2, 0.25) is 5.91 Å². The standard InChI is InChI=1S/C23H26N2O3/c1-4-15-25(16-5-2)23(27)18(3)24-22(26)17-28-21-13-11-20(12-14-21)19-9-7-6-8-10-19/h4-14,18H,1-2,15-17H2,3H3,(H,24,26). The zero-order chi connectivity index (χ0) is 20.4. The number of ether oxygens (including phenoxy) is 1. The number of amides is 2. The van der Waals surface area contributed by atoms with E-state index >= 15 is 0 Å². The average Bonchev–Trinajstić information content (AvgIpc) is 2.72. The van der Waals surface area contributed by atoms with E-state index in [4.69, 9.17) is 4.74 Å². The molecule has 0 heterocycles. The van der Waals surface area contributed by atoms with E-state index in [0.717, 1.165) is 11.1 Å². The molecule has 0 saturated carbocycles. The highest BCUT2D eigenvalue weighted by Gasteiger charge is 2.20. The molecule has 0 aliphatic heterocycles. The lowest BCUT2D eigenvalue weighted by molar-refractivity contribution is -0.135. The average molecular weight is 378 g/mol. The first-order valence-corrected chi connectivity index (χ1v) is 9.13. The second-order valence-corrected chi connectivity index (χ2v) is 6.29. The van der Waals surface area contributed by atoms with Crippen molar-refractivity contribution in [3.63, 3.8) is 0 Å². The van der Waals surface area contributed by atoms with Gasteiger partial charge in [0.05, 0.1) is 0 Å². The van der Waals surface area contributed by atoms with E-state index < -0.39 is 6.04 Å². The second-order valence-electron chi connectivity index (χ2n) is 6.29. The molecule has 0 radical (unpaired) electrons. The Labute approximate surface area is 166 Å². The fourth-order valence-corrected chi connectivity index (χ4v) is 2.71. The lowest BCUT2D eigenvalue weighted by Crippen LogP contribution is -2.48. The van der Waals surface area contributed by atoms with E-state index in [1.54, 1.807) is 24.0 Å². The van der Waals surface area contributed by atoms with Gasteiger partial charge >= 0.3 is 0 Å². The summed E-state index contributed by atoms with van der Waals surface area (Å²) in [4.78, 5) is 26.1. The topological polar surface area (TPSA) is 58.6 Å². The zero-order valence-electron chi connectivity index (χ0n) is 16.1. The van der Waals surface area contributed by atoms with Gasteiger partial charge in [-0.15, -0.1) is 13.2 Å². The number of carbonyl (C=O) groups excluding carboxylic acids is 2. The molecule has 5 heteroatoms. The largest absolute Gasteiger partial charge is 0.484 e. The Hall–Kier alpha value is -3.34. The predicted molar refractivity (Wildman–Crippen MR) is 112 cm³/mol. The van der Waals surface area contributed by atoms with E-state index in [2.05, 4.69) is 18.5 Å². The Morgan fingerprint density at radius 1 is 1.00 bits per heavy atom. The molecule has 1 N–H and O–H groups in total. The molecular formula is C23H26N2O3. The molecular weight excluding hydrogens is 352 g/mol. The molecule has 28 heavy (non-hydrogen) atoms. The third-order valence-corrected chi connectivity index (χ3v) is 4.09. The first-order valence-electron chi connectivity index (χ1n) is 9.13. The van der Waals surface area contributed by atoms with Crippen molar-refractivity contribution in [2.24, 2.45) is 0 Å². The summed E-state index contributed by atoms with van der Waals surface area (Å²) in [6.07, 6.45) is 3.27. The molecule has 2 rings (SSSR count). The van der Waals surface area contributed by atoms with Crippen molar-refractivity contribution in [3.05, 3.63) is 79.9 Å². The molecule has 0 bridgehead atoms. The molecule has 5 nitrogen and oxygen atoms in total. The number of nitrogens with zero attached hydrogens (tertiary/aromatic N) is 1. The fourth-order valence-electron chi connectivity index (χ4n) is 2.71. The van der Waals surface area contributed by atoms with Gasteiger partial charge in [0.25, 0.3) is 5.91 Å².